The summed E-state index contributed by atoms with van der Waals surface area (Å²) in [7, 11) is 0. The Morgan fingerprint density at radius 3 is 2.33 bits per heavy atom. The molecule has 0 amide bonds. The molecule has 0 atom stereocenters. The Morgan fingerprint density at radius 1 is 1.33 bits per heavy atom. The number of esters is 1. The minimum atomic E-state index is -0.810. The number of ether oxygens (including phenoxy) is 1. The van der Waals surface area contributed by atoms with Gasteiger partial charge in [0, 0.05) is 12.0 Å². The SMILES string of the molecule is CC(C)C(OC(=O)/C([N+]#N)=C(\O)CCC/C=C/Cl)C(C)C. The Morgan fingerprint density at radius 2 is 1.90 bits per heavy atom. The number of carbonyl (C=O) groups is 1. The Bertz CT molecular complexity index is 429. The van der Waals surface area contributed by atoms with E-state index >= 15 is 0 Å². The molecule has 5 nitrogen and oxygen atoms in total. The molecule has 0 aliphatic heterocycles. The van der Waals surface area contributed by atoms with E-state index in [4.69, 9.17) is 21.7 Å². The highest BCUT2D eigenvalue weighted by atomic mass is 35.5. The van der Waals surface area contributed by atoms with Gasteiger partial charge in [0.25, 0.3) is 0 Å². The molecule has 0 bridgehead atoms. The number of nitrogens with zero attached hydrogens (tertiary/aromatic N) is 2. The zero-order valence-corrected chi connectivity index (χ0v) is 13.8. The lowest BCUT2D eigenvalue weighted by molar-refractivity contribution is -0.149. The lowest BCUT2D eigenvalue weighted by atomic mass is 9.96. The van der Waals surface area contributed by atoms with Crippen LogP contribution in [-0.2, 0) is 9.53 Å². The van der Waals surface area contributed by atoms with Crippen molar-refractivity contribution in [1.29, 1.82) is 5.39 Å². The number of unbranched alkanes of at least 4 members (excludes halogenated alkanes) is 1. The van der Waals surface area contributed by atoms with E-state index in [0.29, 0.717) is 12.8 Å². The van der Waals surface area contributed by atoms with Crippen LogP contribution in [0.3, 0.4) is 0 Å². The molecule has 0 rings (SSSR count). The Labute approximate surface area is 131 Å². The molecule has 0 aromatic carbocycles. The normalized spacial score (nSPS) is 12.9. The van der Waals surface area contributed by atoms with Crippen LogP contribution < -0.4 is 0 Å². The standard InChI is InChI=1S/C15H23ClN2O3/c1-10(2)14(11(3)4)21-15(20)13(18-17)12(19)8-6-5-7-9-16/h7,9-11,14H,5-6,8H2,1-4H3/p+1/b9-7+. The Kier molecular flexibility index (Phi) is 9.48. The molecule has 0 fully saturated rings. The first-order chi connectivity index (χ1) is 9.84. The van der Waals surface area contributed by atoms with Gasteiger partial charge in [-0.05, 0) is 24.7 Å². The summed E-state index contributed by atoms with van der Waals surface area (Å²) in [6, 6.07) is 0. The maximum Gasteiger partial charge on any atom is 0.505 e. The summed E-state index contributed by atoms with van der Waals surface area (Å²) >= 11 is 5.39. The second-order valence-electron chi connectivity index (χ2n) is 5.51. The minimum Gasteiger partial charge on any atom is -0.505 e. The number of aliphatic hydroxyl groups excluding tert-OH is 1. The highest BCUT2D eigenvalue weighted by Crippen LogP contribution is 2.20. The van der Waals surface area contributed by atoms with Crippen LogP contribution in [0.5, 0.6) is 0 Å². The second kappa shape index (κ2) is 10.2. The first kappa shape index (κ1) is 19.5. The van der Waals surface area contributed by atoms with E-state index in [-0.39, 0.29) is 30.1 Å². The van der Waals surface area contributed by atoms with Crippen LogP contribution in [0.15, 0.2) is 23.1 Å². The lowest BCUT2D eigenvalue weighted by Crippen LogP contribution is -2.29. The van der Waals surface area contributed by atoms with Gasteiger partial charge in [-0.1, -0.05) is 45.4 Å². The van der Waals surface area contributed by atoms with E-state index in [1.54, 1.807) is 6.08 Å². The van der Waals surface area contributed by atoms with Crippen molar-refractivity contribution in [3.8, 4) is 0 Å². The van der Waals surface area contributed by atoms with Crippen molar-refractivity contribution in [2.45, 2.75) is 53.1 Å². The van der Waals surface area contributed by atoms with Crippen LogP contribution in [0.4, 0.5) is 0 Å². The molecule has 0 aromatic heterocycles. The van der Waals surface area contributed by atoms with E-state index < -0.39 is 11.7 Å². The van der Waals surface area contributed by atoms with Crippen LogP contribution in [0.2, 0.25) is 0 Å². The number of carbonyl (C=O) groups excluding carboxylic acids is 1. The number of halogens is 1. The van der Waals surface area contributed by atoms with Crippen molar-refractivity contribution < 1.29 is 14.6 Å². The van der Waals surface area contributed by atoms with Crippen molar-refractivity contribution in [3.05, 3.63) is 28.0 Å². The summed E-state index contributed by atoms with van der Waals surface area (Å²) in [5, 5.41) is 18.8. The van der Waals surface area contributed by atoms with Crippen molar-refractivity contribution >= 4 is 17.6 Å². The van der Waals surface area contributed by atoms with Crippen molar-refractivity contribution in [2.24, 2.45) is 11.8 Å². The number of diazo groups is 1. The molecule has 0 spiro atoms. The molecule has 0 saturated carbocycles. The maximum atomic E-state index is 12.0. The molecule has 0 aliphatic rings. The van der Waals surface area contributed by atoms with Crippen LogP contribution >= 0.6 is 11.6 Å². The second-order valence-corrected chi connectivity index (χ2v) is 5.76. The van der Waals surface area contributed by atoms with Gasteiger partial charge in [-0.3, -0.25) is 0 Å². The van der Waals surface area contributed by atoms with Gasteiger partial charge in [-0.15, -0.1) is 0 Å². The van der Waals surface area contributed by atoms with Gasteiger partial charge >= 0.3 is 11.7 Å². The minimum absolute atomic E-state index is 0.130. The van der Waals surface area contributed by atoms with Gasteiger partial charge in [0.1, 0.15) is 6.10 Å². The number of rotatable bonds is 8. The predicted octanol–water partition coefficient (Wildman–Crippen LogP) is 4.76. The average molecular weight is 316 g/mol. The Balaban J connectivity index is 4.84. The highest BCUT2D eigenvalue weighted by Gasteiger charge is 2.34. The van der Waals surface area contributed by atoms with Crippen LogP contribution in [-0.4, -0.2) is 17.2 Å². The third-order valence-electron chi connectivity index (χ3n) is 3.00. The quantitative estimate of drug-likeness (QED) is 0.230. The average Bonchev–Trinajstić information content (AvgIpc) is 2.41. The molecule has 118 valence electrons. The molecule has 1 N–H and O–H groups in total. The number of hydrogen-bond acceptors (Lipinski definition) is 4. The van der Waals surface area contributed by atoms with Gasteiger partial charge in [-0.25, -0.2) is 4.79 Å². The van der Waals surface area contributed by atoms with Crippen LogP contribution in [0, 0.1) is 17.2 Å². The molecule has 6 heteroatoms. The Hall–Kier alpha value is -1.54. The van der Waals surface area contributed by atoms with E-state index in [1.807, 2.05) is 27.7 Å². The maximum absolute atomic E-state index is 12.0. The van der Waals surface area contributed by atoms with E-state index in [9.17, 15) is 9.90 Å². The third kappa shape index (κ3) is 7.14. The molecule has 0 aromatic rings. The van der Waals surface area contributed by atoms with Gasteiger partial charge in [-0.2, -0.15) is 0 Å². The molecular formula is C15H24ClN2O3+. The summed E-state index contributed by atoms with van der Waals surface area (Å²) in [6.45, 7) is 7.76. The smallest absolute Gasteiger partial charge is 0.505 e. The number of hydrogen-bond donors (Lipinski definition) is 1. The van der Waals surface area contributed by atoms with Gasteiger partial charge < -0.3 is 9.84 Å². The van der Waals surface area contributed by atoms with E-state index in [1.165, 1.54) is 5.54 Å². The summed E-state index contributed by atoms with van der Waals surface area (Å²) in [6.07, 6.45) is 2.88. The van der Waals surface area contributed by atoms with Gasteiger partial charge in [0.2, 0.25) is 5.39 Å². The van der Waals surface area contributed by atoms with Gasteiger partial charge in [0.05, 0.1) is 0 Å². The topological polar surface area (TPSA) is 74.7 Å². The fourth-order valence-electron chi connectivity index (χ4n) is 2.01. The molecule has 21 heavy (non-hydrogen) atoms. The summed E-state index contributed by atoms with van der Waals surface area (Å²) < 4.78 is 5.33. The van der Waals surface area contributed by atoms with E-state index in [2.05, 4.69) is 4.98 Å². The summed E-state index contributed by atoms with van der Waals surface area (Å²) in [4.78, 5) is 14.9. The predicted molar refractivity (Wildman–Crippen MR) is 83.1 cm³/mol. The number of aliphatic hydroxyl groups is 1. The van der Waals surface area contributed by atoms with Gasteiger partial charge in [0.15, 0.2) is 10.7 Å². The molecule has 0 saturated heterocycles. The van der Waals surface area contributed by atoms with Crippen molar-refractivity contribution in [3.63, 3.8) is 0 Å². The summed E-state index contributed by atoms with van der Waals surface area (Å²) in [5.74, 6) is -0.832. The summed E-state index contributed by atoms with van der Waals surface area (Å²) in [5.41, 5.74) is 0.957. The fraction of sp³-hybridized carbons (Fsp3) is 0.667. The molecule has 0 heterocycles. The van der Waals surface area contributed by atoms with E-state index in [0.717, 1.165) is 0 Å². The van der Waals surface area contributed by atoms with Crippen LogP contribution in [0.25, 0.3) is 4.98 Å². The zero-order valence-electron chi connectivity index (χ0n) is 13.0. The fourth-order valence-corrected chi connectivity index (χ4v) is 2.13. The lowest BCUT2D eigenvalue weighted by Gasteiger charge is -2.23. The number of allylic oxidation sites excluding steroid dienone is 2. The molecule has 0 unspecified atom stereocenters. The first-order valence-electron chi connectivity index (χ1n) is 7.08. The zero-order chi connectivity index (χ0) is 16.4. The molecular weight excluding hydrogens is 292 g/mol. The monoisotopic (exact) mass is 315 g/mol. The molecule has 0 aliphatic carbocycles. The largest absolute Gasteiger partial charge is 0.505 e. The van der Waals surface area contributed by atoms with Crippen LogP contribution in [0.1, 0.15) is 47.0 Å². The van der Waals surface area contributed by atoms with Crippen molar-refractivity contribution in [2.75, 3.05) is 0 Å². The first-order valence-corrected chi connectivity index (χ1v) is 7.52. The highest BCUT2D eigenvalue weighted by molar-refractivity contribution is 6.25. The molecule has 0 radical (unpaired) electrons. The third-order valence-corrected chi connectivity index (χ3v) is 3.18. The van der Waals surface area contributed by atoms with Crippen molar-refractivity contribution in [1.82, 2.24) is 0 Å².